The van der Waals surface area contributed by atoms with Gasteiger partial charge in [-0.15, -0.1) is 0 Å². The summed E-state index contributed by atoms with van der Waals surface area (Å²) in [4.78, 5) is 5.23. The minimum absolute atomic E-state index is 0.532. The molecule has 1 aromatic carbocycles. The van der Waals surface area contributed by atoms with Crippen LogP contribution in [0, 0.1) is 5.92 Å². The first-order chi connectivity index (χ1) is 12.2. The molecule has 0 aromatic heterocycles. The molecule has 0 bridgehead atoms. The summed E-state index contributed by atoms with van der Waals surface area (Å²) in [5, 5.41) is 3.94. The molecule has 0 aliphatic carbocycles. The van der Waals surface area contributed by atoms with E-state index in [1.165, 1.54) is 57.3 Å². The number of hydrogen-bond donors (Lipinski definition) is 1. The fraction of sp³-hybridized carbons (Fsp3) is 0.714. The Morgan fingerprint density at radius 3 is 2.72 bits per heavy atom. The number of ether oxygens (including phenoxy) is 1. The van der Waals surface area contributed by atoms with E-state index in [9.17, 15) is 0 Å². The lowest BCUT2D eigenvalue weighted by molar-refractivity contribution is 0.162. The highest BCUT2D eigenvalue weighted by Crippen LogP contribution is 2.36. The molecule has 0 amide bonds. The summed E-state index contributed by atoms with van der Waals surface area (Å²) >= 11 is 0. The molecule has 3 aliphatic rings. The van der Waals surface area contributed by atoms with Crippen molar-refractivity contribution in [2.45, 2.75) is 50.2 Å². The first kappa shape index (κ1) is 17.3. The van der Waals surface area contributed by atoms with Crippen LogP contribution in [0.2, 0.25) is 0 Å². The maximum absolute atomic E-state index is 5.32. The SMILES string of the molecule is COc1ccc(C2C(CNC3CCN4CCCC4C3)CCN2C)cc1. The lowest BCUT2D eigenvalue weighted by Gasteiger charge is -2.36. The third kappa shape index (κ3) is 3.71. The predicted octanol–water partition coefficient (Wildman–Crippen LogP) is 2.90. The molecule has 3 saturated heterocycles. The molecule has 4 rings (SSSR count). The van der Waals surface area contributed by atoms with Crippen LogP contribution in [-0.2, 0) is 0 Å². The van der Waals surface area contributed by atoms with Crippen LogP contribution in [0.15, 0.2) is 24.3 Å². The Morgan fingerprint density at radius 2 is 1.92 bits per heavy atom. The van der Waals surface area contributed by atoms with Crippen LogP contribution in [0.4, 0.5) is 0 Å². The van der Waals surface area contributed by atoms with Crippen molar-refractivity contribution < 1.29 is 4.74 Å². The number of benzene rings is 1. The Morgan fingerprint density at radius 1 is 1.08 bits per heavy atom. The number of hydrogen-bond acceptors (Lipinski definition) is 4. The molecule has 4 nitrogen and oxygen atoms in total. The van der Waals surface area contributed by atoms with E-state index in [4.69, 9.17) is 4.74 Å². The van der Waals surface area contributed by atoms with Crippen molar-refractivity contribution in [2.75, 3.05) is 40.3 Å². The minimum atomic E-state index is 0.532. The van der Waals surface area contributed by atoms with Crippen molar-refractivity contribution in [1.82, 2.24) is 15.1 Å². The topological polar surface area (TPSA) is 27.7 Å². The lowest BCUT2D eigenvalue weighted by Crippen LogP contribution is -2.47. The van der Waals surface area contributed by atoms with Gasteiger partial charge in [0.1, 0.15) is 5.75 Å². The number of piperidine rings is 1. The molecule has 0 spiro atoms. The quantitative estimate of drug-likeness (QED) is 0.890. The third-order valence-electron chi connectivity index (χ3n) is 6.72. The zero-order valence-electron chi connectivity index (χ0n) is 15.8. The molecule has 0 radical (unpaired) electrons. The van der Waals surface area contributed by atoms with Crippen molar-refractivity contribution in [3.05, 3.63) is 29.8 Å². The molecule has 138 valence electrons. The molecule has 3 aliphatic heterocycles. The smallest absolute Gasteiger partial charge is 0.118 e. The zero-order valence-corrected chi connectivity index (χ0v) is 15.8. The predicted molar refractivity (Wildman–Crippen MR) is 102 cm³/mol. The Hall–Kier alpha value is -1.10. The summed E-state index contributed by atoms with van der Waals surface area (Å²) < 4.78 is 5.32. The molecule has 1 aromatic rings. The van der Waals surface area contributed by atoms with Crippen LogP contribution in [0.25, 0.3) is 0 Å². The monoisotopic (exact) mass is 343 g/mol. The fourth-order valence-corrected chi connectivity index (χ4v) is 5.30. The van der Waals surface area contributed by atoms with Gasteiger partial charge >= 0.3 is 0 Å². The first-order valence-corrected chi connectivity index (χ1v) is 10.1. The molecule has 3 fully saturated rings. The summed E-state index contributed by atoms with van der Waals surface area (Å²) in [5.41, 5.74) is 1.43. The van der Waals surface area contributed by atoms with Crippen LogP contribution in [0.1, 0.15) is 43.7 Å². The Bertz CT molecular complexity index is 561. The van der Waals surface area contributed by atoms with Crippen LogP contribution >= 0.6 is 0 Å². The van der Waals surface area contributed by atoms with E-state index in [0.717, 1.165) is 24.4 Å². The van der Waals surface area contributed by atoms with Gasteiger partial charge in [0.05, 0.1) is 7.11 Å². The molecule has 3 heterocycles. The second-order valence-electron chi connectivity index (χ2n) is 8.21. The van der Waals surface area contributed by atoms with Gasteiger partial charge in [-0.2, -0.15) is 0 Å². The number of nitrogens with zero attached hydrogens (tertiary/aromatic N) is 2. The maximum atomic E-state index is 5.32. The highest BCUT2D eigenvalue weighted by molar-refractivity contribution is 5.30. The molecule has 4 unspecified atom stereocenters. The van der Waals surface area contributed by atoms with Crippen LogP contribution in [-0.4, -0.2) is 62.2 Å². The van der Waals surface area contributed by atoms with Crippen LogP contribution < -0.4 is 10.1 Å². The van der Waals surface area contributed by atoms with Gasteiger partial charge in [0.15, 0.2) is 0 Å². The summed E-state index contributed by atoms with van der Waals surface area (Å²) in [6, 6.07) is 10.8. The van der Waals surface area contributed by atoms with E-state index < -0.39 is 0 Å². The van der Waals surface area contributed by atoms with E-state index in [2.05, 4.69) is 46.4 Å². The average molecular weight is 344 g/mol. The molecule has 25 heavy (non-hydrogen) atoms. The summed E-state index contributed by atoms with van der Waals surface area (Å²) in [5.74, 6) is 1.66. The number of nitrogens with one attached hydrogen (secondary N) is 1. The normalized spacial score (nSPS) is 33.5. The van der Waals surface area contributed by atoms with Crippen molar-refractivity contribution in [3.63, 3.8) is 0 Å². The summed E-state index contributed by atoms with van der Waals surface area (Å²) in [6.45, 7) is 4.99. The van der Waals surface area contributed by atoms with Crippen molar-refractivity contribution in [1.29, 1.82) is 0 Å². The van der Waals surface area contributed by atoms with E-state index in [1.807, 2.05) is 0 Å². The van der Waals surface area contributed by atoms with Gasteiger partial charge in [0.25, 0.3) is 0 Å². The van der Waals surface area contributed by atoms with E-state index in [-0.39, 0.29) is 0 Å². The van der Waals surface area contributed by atoms with Gasteiger partial charge in [0, 0.05) is 24.7 Å². The van der Waals surface area contributed by atoms with Crippen molar-refractivity contribution in [3.8, 4) is 5.75 Å². The second-order valence-corrected chi connectivity index (χ2v) is 8.21. The van der Waals surface area contributed by atoms with Gasteiger partial charge in [-0.05, 0) is 82.4 Å². The van der Waals surface area contributed by atoms with Crippen LogP contribution in [0.5, 0.6) is 5.75 Å². The standard InChI is InChI=1S/C21H33N3O/c1-23-12-9-17(21(23)16-5-7-20(25-2)8-6-16)15-22-18-10-13-24-11-3-4-19(24)14-18/h5-8,17-19,21-22H,3-4,9-15H2,1-2H3. The number of likely N-dealkylation sites (tertiary alicyclic amines) is 1. The van der Waals surface area contributed by atoms with E-state index in [1.54, 1.807) is 7.11 Å². The Kier molecular flexibility index (Phi) is 5.30. The van der Waals surface area contributed by atoms with Gasteiger partial charge in [-0.1, -0.05) is 12.1 Å². The number of methoxy groups -OCH3 is 1. The minimum Gasteiger partial charge on any atom is -0.497 e. The van der Waals surface area contributed by atoms with Gasteiger partial charge in [-0.3, -0.25) is 4.90 Å². The van der Waals surface area contributed by atoms with Crippen molar-refractivity contribution in [2.24, 2.45) is 5.92 Å². The van der Waals surface area contributed by atoms with Crippen LogP contribution in [0.3, 0.4) is 0 Å². The summed E-state index contributed by atoms with van der Waals surface area (Å²) in [6.07, 6.45) is 6.80. The largest absolute Gasteiger partial charge is 0.497 e. The lowest BCUT2D eigenvalue weighted by atomic mass is 9.92. The molecular weight excluding hydrogens is 310 g/mol. The second kappa shape index (κ2) is 7.65. The van der Waals surface area contributed by atoms with Gasteiger partial charge < -0.3 is 15.0 Å². The number of rotatable bonds is 5. The molecule has 4 heteroatoms. The summed E-state index contributed by atoms with van der Waals surface area (Å²) in [7, 11) is 4.00. The van der Waals surface area contributed by atoms with Gasteiger partial charge in [-0.25, -0.2) is 0 Å². The average Bonchev–Trinajstić information content (AvgIpc) is 3.26. The third-order valence-corrected chi connectivity index (χ3v) is 6.72. The maximum Gasteiger partial charge on any atom is 0.118 e. The molecule has 4 atom stereocenters. The Labute approximate surface area is 152 Å². The molecule has 0 saturated carbocycles. The first-order valence-electron chi connectivity index (χ1n) is 10.1. The van der Waals surface area contributed by atoms with Gasteiger partial charge in [0.2, 0.25) is 0 Å². The Balaban J connectivity index is 1.35. The number of fused-ring (bicyclic) bond motifs is 1. The fourth-order valence-electron chi connectivity index (χ4n) is 5.30. The highest BCUT2D eigenvalue weighted by Gasteiger charge is 2.35. The highest BCUT2D eigenvalue weighted by atomic mass is 16.5. The molecule has 1 N–H and O–H groups in total. The van der Waals surface area contributed by atoms with E-state index in [0.29, 0.717) is 12.0 Å². The van der Waals surface area contributed by atoms with E-state index >= 15 is 0 Å². The van der Waals surface area contributed by atoms with Crippen molar-refractivity contribution >= 4 is 0 Å². The molecular formula is C21H33N3O. The zero-order chi connectivity index (χ0) is 17.2.